The first-order chi connectivity index (χ1) is 9.61. The van der Waals surface area contributed by atoms with Crippen LogP contribution >= 0.6 is 0 Å². The number of aromatic carboxylic acids is 1. The van der Waals surface area contributed by atoms with Gasteiger partial charge in [0.1, 0.15) is 11.5 Å². The fourth-order valence-electron chi connectivity index (χ4n) is 1.66. The third-order valence-corrected chi connectivity index (χ3v) is 2.73. The van der Waals surface area contributed by atoms with Crippen molar-refractivity contribution in [3.8, 4) is 5.75 Å². The number of nitrogens with one attached hydrogen (secondary N) is 1. The van der Waals surface area contributed by atoms with Crippen molar-refractivity contribution in [1.82, 2.24) is 5.32 Å². The molecule has 6 nitrogen and oxygen atoms in total. The predicted octanol–water partition coefficient (Wildman–Crippen LogP) is 0.582. The lowest BCUT2D eigenvalue weighted by atomic mass is 10.2. The number of carboxylic acids is 1. The van der Waals surface area contributed by atoms with Gasteiger partial charge >= 0.3 is 0 Å². The van der Waals surface area contributed by atoms with Gasteiger partial charge in [-0.3, -0.25) is 4.79 Å². The summed E-state index contributed by atoms with van der Waals surface area (Å²) in [7, 11) is 1.54. The van der Waals surface area contributed by atoms with Gasteiger partial charge in [-0.15, -0.1) is 0 Å². The summed E-state index contributed by atoms with van der Waals surface area (Å²) in [5.74, 6) is -0.889. The number of methoxy groups -OCH3 is 1. The molecule has 0 aliphatic carbocycles. The molecule has 104 valence electrons. The van der Waals surface area contributed by atoms with E-state index in [1.165, 1.54) is 19.4 Å². The highest BCUT2D eigenvalue weighted by atomic mass is 16.5. The first-order valence-electron chi connectivity index (χ1n) is 5.82. The molecule has 1 amide bonds. The Labute approximate surface area is 115 Å². The molecule has 0 aliphatic rings. The SMILES string of the molecule is COc1ccc(C(=O)NCc2occc2C(=O)[O-])cc1. The molecule has 2 aromatic rings. The first-order valence-corrected chi connectivity index (χ1v) is 5.82. The summed E-state index contributed by atoms with van der Waals surface area (Å²) in [5.41, 5.74) is 0.368. The minimum Gasteiger partial charge on any atom is -0.545 e. The molecular weight excluding hydrogens is 262 g/mol. The molecule has 2 rings (SSSR count). The molecule has 0 radical (unpaired) electrons. The Morgan fingerprint density at radius 1 is 1.25 bits per heavy atom. The maximum atomic E-state index is 11.9. The second-order valence-corrected chi connectivity index (χ2v) is 3.96. The molecule has 0 saturated carbocycles. The van der Waals surface area contributed by atoms with Crippen LogP contribution in [0.3, 0.4) is 0 Å². The van der Waals surface area contributed by atoms with E-state index in [9.17, 15) is 14.7 Å². The highest BCUT2D eigenvalue weighted by Gasteiger charge is 2.10. The maximum Gasteiger partial charge on any atom is 0.251 e. The number of carbonyl (C=O) groups excluding carboxylic acids is 2. The monoisotopic (exact) mass is 274 g/mol. The highest BCUT2D eigenvalue weighted by Crippen LogP contribution is 2.12. The topological polar surface area (TPSA) is 91.6 Å². The van der Waals surface area contributed by atoms with Gasteiger partial charge in [-0.2, -0.15) is 0 Å². The van der Waals surface area contributed by atoms with Crippen LogP contribution in [0, 0.1) is 0 Å². The van der Waals surface area contributed by atoms with Crippen LogP contribution in [0.5, 0.6) is 5.75 Å². The van der Waals surface area contributed by atoms with Gasteiger partial charge in [0.2, 0.25) is 0 Å². The molecule has 0 fully saturated rings. The van der Waals surface area contributed by atoms with Gasteiger partial charge in [-0.25, -0.2) is 0 Å². The van der Waals surface area contributed by atoms with Crippen LogP contribution in [0.4, 0.5) is 0 Å². The van der Waals surface area contributed by atoms with Crippen molar-refractivity contribution in [1.29, 1.82) is 0 Å². The molecule has 0 unspecified atom stereocenters. The van der Waals surface area contributed by atoms with E-state index in [1.54, 1.807) is 24.3 Å². The van der Waals surface area contributed by atoms with Crippen molar-refractivity contribution in [3.05, 3.63) is 53.5 Å². The molecule has 1 aromatic heterocycles. The maximum absolute atomic E-state index is 11.9. The number of ether oxygens (including phenoxy) is 1. The molecule has 0 aliphatic heterocycles. The van der Waals surface area contributed by atoms with E-state index in [0.29, 0.717) is 11.3 Å². The lowest BCUT2D eigenvalue weighted by Crippen LogP contribution is -2.26. The minimum absolute atomic E-state index is 0.0266. The minimum atomic E-state index is -1.34. The van der Waals surface area contributed by atoms with Crippen LogP contribution < -0.4 is 15.2 Å². The van der Waals surface area contributed by atoms with Gasteiger partial charge in [0.25, 0.3) is 5.91 Å². The van der Waals surface area contributed by atoms with Gasteiger partial charge in [0.15, 0.2) is 0 Å². The number of furan rings is 1. The summed E-state index contributed by atoms with van der Waals surface area (Å²) in [6, 6.07) is 7.82. The average Bonchev–Trinajstić information content (AvgIpc) is 2.93. The number of hydrogen-bond donors (Lipinski definition) is 1. The fraction of sp³-hybridized carbons (Fsp3) is 0.143. The molecule has 6 heteroatoms. The van der Waals surface area contributed by atoms with Gasteiger partial charge < -0.3 is 24.4 Å². The first kappa shape index (κ1) is 13.7. The Morgan fingerprint density at radius 2 is 1.95 bits per heavy atom. The van der Waals surface area contributed by atoms with Crippen molar-refractivity contribution >= 4 is 11.9 Å². The smallest absolute Gasteiger partial charge is 0.251 e. The van der Waals surface area contributed by atoms with Crippen molar-refractivity contribution < 1.29 is 23.8 Å². The number of carbonyl (C=O) groups is 2. The quantitative estimate of drug-likeness (QED) is 0.861. The molecule has 0 saturated heterocycles. The molecular formula is C14H12NO5-. The summed E-state index contributed by atoms with van der Waals surface area (Å²) in [4.78, 5) is 22.6. The zero-order valence-corrected chi connectivity index (χ0v) is 10.7. The standard InChI is InChI=1S/C14H13NO5/c1-19-10-4-2-9(3-5-10)13(16)15-8-12-11(14(17)18)6-7-20-12/h2-7H,8H2,1H3,(H,15,16)(H,17,18)/p-1. The van der Waals surface area contributed by atoms with E-state index in [4.69, 9.17) is 9.15 Å². The predicted molar refractivity (Wildman–Crippen MR) is 67.2 cm³/mol. The number of hydrogen-bond acceptors (Lipinski definition) is 5. The molecule has 0 bridgehead atoms. The van der Waals surface area contributed by atoms with Gasteiger partial charge in [-0.1, -0.05) is 0 Å². The van der Waals surface area contributed by atoms with Crippen LogP contribution in [-0.2, 0) is 6.54 Å². The zero-order chi connectivity index (χ0) is 14.5. The Hall–Kier alpha value is -2.76. The molecule has 1 N–H and O–H groups in total. The van der Waals surface area contributed by atoms with Gasteiger partial charge in [0.05, 0.1) is 25.9 Å². The van der Waals surface area contributed by atoms with E-state index in [1.807, 2.05) is 0 Å². The lowest BCUT2D eigenvalue weighted by Gasteiger charge is -2.06. The van der Waals surface area contributed by atoms with Gasteiger partial charge in [-0.05, 0) is 30.3 Å². The van der Waals surface area contributed by atoms with Crippen molar-refractivity contribution in [2.24, 2.45) is 0 Å². The van der Waals surface area contributed by atoms with Crippen LogP contribution in [-0.4, -0.2) is 19.0 Å². The number of benzene rings is 1. The summed E-state index contributed by atoms with van der Waals surface area (Å²) < 4.78 is 9.98. The average molecular weight is 274 g/mol. The Balaban J connectivity index is 2.01. The second-order valence-electron chi connectivity index (χ2n) is 3.96. The van der Waals surface area contributed by atoms with Gasteiger partial charge in [0, 0.05) is 11.1 Å². The molecule has 1 aromatic carbocycles. The number of amides is 1. The van der Waals surface area contributed by atoms with Crippen molar-refractivity contribution in [2.75, 3.05) is 7.11 Å². The van der Waals surface area contributed by atoms with E-state index in [2.05, 4.69) is 5.32 Å². The summed E-state index contributed by atoms with van der Waals surface area (Å²) in [6.45, 7) is -0.0266. The Kier molecular flexibility index (Phi) is 4.05. The third-order valence-electron chi connectivity index (χ3n) is 2.73. The largest absolute Gasteiger partial charge is 0.545 e. The molecule has 1 heterocycles. The Bertz CT molecular complexity index is 615. The summed E-state index contributed by atoms with van der Waals surface area (Å²) in [6.07, 6.45) is 1.24. The number of rotatable bonds is 5. The summed E-state index contributed by atoms with van der Waals surface area (Å²) in [5, 5.41) is 13.3. The summed E-state index contributed by atoms with van der Waals surface area (Å²) >= 11 is 0. The van der Waals surface area contributed by atoms with E-state index < -0.39 is 5.97 Å². The van der Waals surface area contributed by atoms with Crippen LogP contribution in [0.15, 0.2) is 41.0 Å². The van der Waals surface area contributed by atoms with E-state index >= 15 is 0 Å². The highest BCUT2D eigenvalue weighted by molar-refractivity contribution is 5.94. The normalized spacial score (nSPS) is 10.1. The van der Waals surface area contributed by atoms with Crippen molar-refractivity contribution in [2.45, 2.75) is 6.54 Å². The Morgan fingerprint density at radius 3 is 2.55 bits per heavy atom. The zero-order valence-electron chi connectivity index (χ0n) is 10.7. The van der Waals surface area contributed by atoms with Crippen molar-refractivity contribution in [3.63, 3.8) is 0 Å². The van der Waals surface area contributed by atoms with E-state index in [-0.39, 0.29) is 23.8 Å². The fourth-order valence-corrected chi connectivity index (χ4v) is 1.66. The van der Waals surface area contributed by atoms with E-state index in [0.717, 1.165) is 0 Å². The van der Waals surface area contributed by atoms with Crippen LogP contribution in [0.1, 0.15) is 26.5 Å². The second kappa shape index (κ2) is 5.92. The molecule has 20 heavy (non-hydrogen) atoms. The molecule has 0 atom stereocenters. The van der Waals surface area contributed by atoms with Crippen LogP contribution in [0.25, 0.3) is 0 Å². The molecule has 0 spiro atoms. The van der Waals surface area contributed by atoms with Crippen LogP contribution in [0.2, 0.25) is 0 Å². The lowest BCUT2D eigenvalue weighted by molar-refractivity contribution is -0.255. The third kappa shape index (κ3) is 2.97. The number of carboxylic acid groups (broad SMARTS) is 1.